The van der Waals surface area contributed by atoms with Crippen molar-refractivity contribution in [3.8, 4) is 0 Å². The third-order valence-corrected chi connectivity index (χ3v) is 3.59. The van der Waals surface area contributed by atoms with Crippen molar-refractivity contribution in [1.82, 2.24) is 4.57 Å². The van der Waals surface area contributed by atoms with Gasteiger partial charge in [0, 0.05) is 29.0 Å². The van der Waals surface area contributed by atoms with Crippen LogP contribution in [0.4, 0.5) is 0 Å². The van der Waals surface area contributed by atoms with E-state index in [0.29, 0.717) is 0 Å². The lowest BCUT2D eigenvalue weighted by Gasteiger charge is -2.08. The number of aromatic nitrogens is 1. The molecule has 0 amide bonds. The number of pyridine rings is 1. The van der Waals surface area contributed by atoms with Crippen LogP contribution in [0.25, 0.3) is 0 Å². The zero-order chi connectivity index (χ0) is 12.1. The molecule has 88 valence electrons. The number of nitrogens with zero attached hydrogens (tertiary/aromatic N) is 1. The largest absolute Gasteiger partial charge is 0.312 e. The van der Waals surface area contributed by atoms with E-state index in [2.05, 4.69) is 12.1 Å². The molecule has 0 spiro atoms. The second-order valence-electron chi connectivity index (χ2n) is 3.82. The summed E-state index contributed by atoms with van der Waals surface area (Å²) in [7, 11) is 0. The van der Waals surface area contributed by atoms with E-state index >= 15 is 0 Å². The van der Waals surface area contributed by atoms with Gasteiger partial charge in [0.2, 0.25) is 0 Å². The standard InChI is InChI=1S/C14H15NOS/c1-12-6-5-9-14(16)15(12)10-11-17-13-7-3-2-4-8-13/h2-9H,10-11H2,1H3. The van der Waals surface area contributed by atoms with Crippen LogP contribution in [0.1, 0.15) is 5.69 Å². The molecule has 0 N–H and O–H groups in total. The van der Waals surface area contributed by atoms with E-state index in [-0.39, 0.29) is 5.56 Å². The maximum absolute atomic E-state index is 11.6. The molecule has 2 rings (SSSR count). The highest BCUT2D eigenvalue weighted by molar-refractivity contribution is 7.99. The van der Waals surface area contributed by atoms with E-state index in [0.717, 1.165) is 18.0 Å². The molecule has 0 radical (unpaired) electrons. The van der Waals surface area contributed by atoms with Gasteiger partial charge in [0.25, 0.3) is 5.56 Å². The summed E-state index contributed by atoms with van der Waals surface area (Å²) >= 11 is 1.77. The summed E-state index contributed by atoms with van der Waals surface area (Å²) in [6.07, 6.45) is 0. The Morgan fingerprint density at radius 2 is 1.82 bits per heavy atom. The summed E-state index contributed by atoms with van der Waals surface area (Å²) in [5.41, 5.74) is 1.10. The van der Waals surface area contributed by atoms with Crippen LogP contribution in [0.3, 0.4) is 0 Å². The van der Waals surface area contributed by atoms with Crippen LogP contribution in [0.15, 0.2) is 58.2 Å². The van der Waals surface area contributed by atoms with Crippen molar-refractivity contribution in [2.75, 3.05) is 5.75 Å². The number of aryl methyl sites for hydroxylation is 1. The molecule has 0 saturated heterocycles. The van der Waals surface area contributed by atoms with Crippen molar-refractivity contribution in [1.29, 1.82) is 0 Å². The predicted molar refractivity (Wildman–Crippen MR) is 72.6 cm³/mol. The molecule has 0 aliphatic heterocycles. The molecule has 0 saturated carbocycles. The number of benzene rings is 1. The predicted octanol–water partition coefficient (Wildman–Crippen LogP) is 2.95. The minimum atomic E-state index is 0.0821. The lowest BCUT2D eigenvalue weighted by molar-refractivity contribution is 0.708. The van der Waals surface area contributed by atoms with Gasteiger partial charge in [0.05, 0.1) is 0 Å². The van der Waals surface area contributed by atoms with Crippen molar-refractivity contribution in [2.45, 2.75) is 18.4 Å². The monoisotopic (exact) mass is 245 g/mol. The lowest BCUT2D eigenvalue weighted by Crippen LogP contribution is -2.21. The molecule has 0 unspecified atom stereocenters. The lowest BCUT2D eigenvalue weighted by atomic mass is 10.3. The van der Waals surface area contributed by atoms with Gasteiger partial charge in [-0.2, -0.15) is 0 Å². The topological polar surface area (TPSA) is 22.0 Å². The Morgan fingerprint density at radius 3 is 2.53 bits per heavy atom. The molecule has 0 atom stereocenters. The van der Waals surface area contributed by atoms with Crippen LogP contribution in [0, 0.1) is 6.92 Å². The summed E-state index contributed by atoms with van der Waals surface area (Å²) < 4.78 is 1.82. The smallest absolute Gasteiger partial charge is 0.250 e. The van der Waals surface area contributed by atoms with Gasteiger partial charge in [0.15, 0.2) is 0 Å². The number of thioether (sulfide) groups is 1. The summed E-state index contributed by atoms with van der Waals surface area (Å²) in [5.74, 6) is 0.911. The first-order chi connectivity index (χ1) is 8.27. The van der Waals surface area contributed by atoms with E-state index in [4.69, 9.17) is 0 Å². The van der Waals surface area contributed by atoms with Crippen molar-refractivity contribution in [2.24, 2.45) is 0 Å². The minimum absolute atomic E-state index is 0.0821. The van der Waals surface area contributed by atoms with Gasteiger partial charge < -0.3 is 4.57 Å². The average Bonchev–Trinajstić information content (AvgIpc) is 2.34. The van der Waals surface area contributed by atoms with Gasteiger partial charge in [-0.3, -0.25) is 4.79 Å². The highest BCUT2D eigenvalue weighted by Crippen LogP contribution is 2.16. The van der Waals surface area contributed by atoms with E-state index in [1.165, 1.54) is 4.90 Å². The summed E-state index contributed by atoms with van der Waals surface area (Å²) in [6.45, 7) is 2.72. The van der Waals surface area contributed by atoms with Gasteiger partial charge in [-0.25, -0.2) is 0 Å². The Morgan fingerprint density at radius 1 is 1.06 bits per heavy atom. The zero-order valence-corrected chi connectivity index (χ0v) is 10.6. The first-order valence-electron chi connectivity index (χ1n) is 5.62. The first kappa shape index (κ1) is 12.0. The molecular formula is C14H15NOS. The van der Waals surface area contributed by atoms with Crippen LogP contribution in [-0.4, -0.2) is 10.3 Å². The molecule has 1 aromatic carbocycles. The maximum Gasteiger partial charge on any atom is 0.250 e. The van der Waals surface area contributed by atoms with Crippen LogP contribution >= 0.6 is 11.8 Å². The van der Waals surface area contributed by atoms with Gasteiger partial charge in [-0.05, 0) is 25.1 Å². The molecule has 0 aliphatic rings. The molecule has 17 heavy (non-hydrogen) atoms. The van der Waals surface area contributed by atoms with Crippen molar-refractivity contribution in [3.63, 3.8) is 0 Å². The first-order valence-corrected chi connectivity index (χ1v) is 6.60. The van der Waals surface area contributed by atoms with Gasteiger partial charge in [-0.1, -0.05) is 24.3 Å². The third kappa shape index (κ3) is 3.24. The molecular weight excluding hydrogens is 230 g/mol. The molecule has 2 aromatic rings. The second-order valence-corrected chi connectivity index (χ2v) is 4.99. The maximum atomic E-state index is 11.6. The highest BCUT2D eigenvalue weighted by Gasteiger charge is 1.99. The van der Waals surface area contributed by atoms with E-state index in [1.54, 1.807) is 23.9 Å². The van der Waals surface area contributed by atoms with Gasteiger partial charge in [-0.15, -0.1) is 11.8 Å². The number of rotatable bonds is 4. The zero-order valence-electron chi connectivity index (χ0n) is 9.80. The molecule has 0 fully saturated rings. The van der Waals surface area contributed by atoms with Gasteiger partial charge in [0.1, 0.15) is 0 Å². The molecule has 2 nitrogen and oxygen atoms in total. The Bertz CT molecular complexity index is 533. The quantitative estimate of drug-likeness (QED) is 0.773. The SMILES string of the molecule is Cc1cccc(=O)n1CCSc1ccccc1. The van der Waals surface area contributed by atoms with E-state index in [9.17, 15) is 4.79 Å². The van der Waals surface area contributed by atoms with Gasteiger partial charge >= 0.3 is 0 Å². The Hall–Kier alpha value is -1.48. The fourth-order valence-corrected chi connectivity index (χ4v) is 2.54. The summed E-state index contributed by atoms with van der Waals surface area (Å²) in [6, 6.07) is 15.6. The fourth-order valence-electron chi connectivity index (χ4n) is 1.68. The van der Waals surface area contributed by atoms with Crippen LogP contribution in [0.5, 0.6) is 0 Å². The van der Waals surface area contributed by atoms with Crippen LogP contribution in [-0.2, 0) is 6.54 Å². The highest BCUT2D eigenvalue weighted by atomic mass is 32.2. The minimum Gasteiger partial charge on any atom is -0.312 e. The fraction of sp³-hybridized carbons (Fsp3) is 0.214. The molecule has 1 aromatic heterocycles. The molecule has 3 heteroatoms. The Kier molecular flexibility index (Phi) is 4.04. The molecule has 0 aliphatic carbocycles. The number of hydrogen-bond donors (Lipinski definition) is 0. The van der Waals surface area contributed by atoms with Crippen LogP contribution < -0.4 is 5.56 Å². The normalized spacial score (nSPS) is 10.4. The molecule has 0 bridgehead atoms. The molecule has 1 heterocycles. The van der Waals surface area contributed by atoms with E-state index in [1.807, 2.05) is 35.8 Å². The van der Waals surface area contributed by atoms with E-state index < -0.39 is 0 Å². The number of hydrogen-bond acceptors (Lipinski definition) is 2. The van der Waals surface area contributed by atoms with Crippen molar-refractivity contribution in [3.05, 3.63) is 64.6 Å². The average molecular weight is 245 g/mol. The third-order valence-electron chi connectivity index (χ3n) is 2.59. The second kappa shape index (κ2) is 5.73. The summed E-state index contributed by atoms with van der Waals surface area (Å²) in [5, 5.41) is 0. The van der Waals surface area contributed by atoms with Crippen LogP contribution in [0.2, 0.25) is 0 Å². The summed E-state index contributed by atoms with van der Waals surface area (Å²) in [4.78, 5) is 12.9. The Labute approximate surface area is 105 Å². The Balaban J connectivity index is 1.97. The van der Waals surface area contributed by atoms with Crippen molar-refractivity contribution < 1.29 is 0 Å². The van der Waals surface area contributed by atoms with Crippen molar-refractivity contribution >= 4 is 11.8 Å².